The van der Waals surface area contributed by atoms with Gasteiger partial charge in [-0.1, -0.05) is 60.7 Å². The monoisotopic (exact) mass is 416 g/mol. The summed E-state index contributed by atoms with van der Waals surface area (Å²) in [7, 11) is 2.21. The third-order valence-electron chi connectivity index (χ3n) is 4.94. The van der Waals surface area contributed by atoms with Crippen LogP contribution in [0.2, 0.25) is 0 Å². The molecule has 1 aliphatic heterocycles. The molecule has 1 heterocycles. The number of carbonyl (C=O) groups is 2. The summed E-state index contributed by atoms with van der Waals surface area (Å²) in [6, 6.07) is 22.1. The van der Waals surface area contributed by atoms with Crippen molar-refractivity contribution < 1.29 is 30.0 Å². The minimum Gasteiger partial charge on any atom is -0.479 e. The van der Waals surface area contributed by atoms with Gasteiger partial charge in [0, 0.05) is 26.2 Å². The van der Waals surface area contributed by atoms with E-state index in [0.717, 1.165) is 26.2 Å². The number of aliphatic hydroxyl groups excluding tert-OH is 2. The van der Waals surface area contributed by atoms with Crippen LogP contribution in [0.1, 0.15) is 17.2 Å². The fourth-order valence-electron chi connectivity index (χ4n) is 3.23. The molecule has 2 aromatic carbocycles. The van der Waals surface area contributed by atoms with E-state index >= 15 is 0 Å². The van der Waals surface area contributed by atoms with Gasteiger partial charge in [0.1, 0.15) is 0 Å². The van der Waals surface area contributed by atoms with Crippen molar-refractivity contribution in [2.75, 3.05) is 33.2 Å². The van der Waals surface area contributed by atoms with E-state index in [4.69, 9.17) is 20.4 Å². The number of piperazine rings is 1. The van der Waals surface area contributed by atoms with E-state index in [2.05, 4.69) is 77.5 Å². The number of benzene rings is 2. The molecule has 4 N–H and O–H groups in total. The summed E-state index contributed by atoms with van der Waals surface area (Å²) in [6.45, 7) is 4.56. The van der Waals surface area contributed by atoms with E-state index in [1.807, 2.05) is 0 Å². The van der Waals surface area contributed by atoms with Gasteiger partial charge in [-0.25, -0.2) is 9.59 Å². The largest absolute Gasteiger partial charge is 0.479 e. The van der Waals surface area contributed by atoms with Gasteiger partial charge in [-0.15, -0.1) is 0 Å². The van der Waals surface area contributed by atoms with Gasteiger partial charge >= 0.3 is 11.9 Å². The van der Waals surface area contributed by atoms with Gasteiger partial charge in [0.15, 0.2) is 12.2 Å². The molecule has 0 aliphatic carbocycles. The summed E-state index contributed by atoms with van der Waals surface area (Å²) < 4.78 is 0. The molecule has 0 saturated carbocycles. The Labute approximate surface area is 175 Å². The molecule has 8 nitrogen and oxygen atoms in total. The second-order valence-corrected chi connectivity index (χ2v) is 7.13. The third-order valence-corrected chi connectivity index (χ3v) is 4.94. The Morgan fingerprint density at radius 2 is 1.10 bits per heavy atom. The van der Waals surface area contributed by atoms with Gasteiger partial charge in [0.2, 0.25) is 0 Å². The SMILES string of the molecule is CN1CCN(C(c2ccccc2)c2ccccc2)CC1.O=C(O)[C@H](O)[C@@H](O)C(=O)O. The van der Waals surface area contributed by atoms with Crippen molar-refractivity contribution in [1.29, 1.82) is 0 Å². The second-order valence-electron chi connectivity index (χ2n) is 7.13. The van der Waals surface area contributed by atoms with Crippen LogP contribution in [0.4, 0.5) is 0 Å². The fourth-order valence-corrected chi connectivity index (χ4v) is 3.23. The summed E-state index contributed by atoms with van der Waals surface area (Å²) in [4.78, 5) is 24.6. The van der Waals surface area contributed by atoms with Crippen molar-refractivity contribution in [3.8, 4) is 0 Å². The van der Waals surface area contributed by atoms with Gasteiger partial charge in [-0.3, -0.25) is 4.90 Å². The lowest BCUT2D eigenvalue weighted by atomic mass is 9.96. The molecule has 0 aromatic heterocycles. The lowest BCUT2D eigenvalue weighted by Crippen LogP contribution is -2.46. The second kappa shape index (κ2) is 11.4. The van der Waals surface area contributed by atoms with E-state index < -0.39 is 24.1 Å². The first-order valence-electron chi connectivity index (χ1n) is 9.65. The van der Waals surface area contributed by atoms with Crippen LogP contribution in [0, 0.1) is 0 Å². The number of hydrogen-bond donors (Lipinski definition) is 4. The summed E-state index contributed by atoms with van der Waals surface area (Å²) in [6.07, 6.45) is -4.53. The van der Waals surface area contributed by atoms with Crippen molar-refractivity contribution in [3.63, 3.8) is 0 Å². The topological polar surface area (TPSA) is 122 Å². The number of rotatable bonds is 6. The molecule has 0 spiro atoms. The molecule has 1 saturated heterocycles. The minimum absolute atomic E-state index is 0.381. The highest BCUT2D eigenvalue weighted by Crippen LogP contribution is 2.29. The quantitative estimate of drug-likeness (QED) is 0.548. The molecule has 2 atom stereocenters. The lowest BCUT2D eigenvalue weighted by Gasteiger charge is -2.38. The molecule has 0 amide bonds. The Bertz CT molecular complexity index is 736. The minimum atomic E-state index is -2.27. The van der Waals surface area contributed by atoms with E-state index in [-0.39, 0.29) is 0 Å². The van der Waals surface area contributed by atoms with Crippen molar-refractivity contribution in [2.24, 2.45) is 0 Å². The molecule has 0 bridgehead atoms. The molecule has 162 valence electrons. The molecule has 0 radical (unpaired) electrons. The number of likely N-dealkylation sites (N-methyl/N-ethyl adjacent to an activating group) is 1. The van der Waals surface area contributed by atoms with Crippen LogP contribution in [0.15, 0.2) is 60.7 Å². The number of aliphatic carboxylic acids is 2. The van der Waals surface area contributed by atoms with Crippen LogP contribution in [0.3, 0.4) is 0 Å². The zero-order valence-corrected chi connectivity index (χ0v) is 16.8. The predicted octanol–water partition coefficient (Wildman–Crippen LogP) is 0.901. The predicted molar refractivity (Wildman–Crippen MR) is 111 cm³/mol. The molecule has 0 unspecified atom stereocenters. The Kier molecular flexibility index (Phi) is 8.94. The average Bonchev–Trinajstić information content (AvgIpc) is 2.76. The van der Waals surface area contributed by atoms with Crippen LogP contribution < -0.4 is 0 Å². The van der Waals surface area contributed by atoms with Crippen molar-refractivity contribution in [2.45, 2.75) is 18.2 Å². The zero-order chi connectivity index (χ0) is 22.1. The Morgan fingerprint density at radius 1 is 0.733 bits per heavy atom. The van der Waals surface area contributed by atoms with Crippen molar-refractivity contribution in [3.05, 3.63) is 71.8 Å². The molecule has 1 fully saturated rings. The summed E-state index contributed by atoms with van der Waals surface area (Å²) >= 11 is 0. The summed E-state index contributed by atoms with van der Waals surface area (Å²) in [5.74, 6) is -3.54. The average molecular weight is 416 g/mol. The van der Waals surface area contributed by atoms with Gasteiger partial charge in [0.25, 0.3) is 0 Å². The maximum atomic E-state index is 9.77. The summed E-state index contributed by atoms with van der Waals surface area (Å²) in [5, 5.41) is 32.5. The van der Waals surface area contributed by atoms with Crippen molar-refractivity contribution in [1.82, 2.24) is 9.80 Å². The van der Waals surface area contributed by atoms with Crippen LogP contribution in [0.25, 0.3) is 0 Å². The van der Waals surface area contributed by atoms with Crippen molar-refractivity contribution >= 4 is 11.9 Å². The summed E-state index contributed by atoms with van der Waals surface area (Å²) in [5.41, 5.74) is 2.78. The maximum absolute atomic E-state index is 9.77. The highest BCUT2D eigenvalue weighted by molar-refractivity contribution is 5.83. The van der Waals surface area contributed by atoms with Crippen LogP contribution in [-0.2, 0) is 9.59 Å². The molecule has 1 aliphatic rings. The number of carboxylic acids is 2. The lowest BCUT2D eigenvalue weighted by molar-refractivity contribution is -0.165. The van der Waals surface area contributed by atoms with Crippen LogP contribution >= 0.6 is 0 Å². The number of carboxylic acid groups (broad SMARTS) is 2. The van der Waals surface area contributed by atoms with E-state index in [9.17, 15) is 9.59 Å². The number of hydrogen-bond acceptors (Lipinski definition) is 6. The maximum Gasteiger partial charge on any atom is 0.335 e. The molecule has 30 heavy (non-hydrogen) atoms. The Hall–Kier alpha value is -2.78. The molecule has 8 heteroatoms. The Morgan fingerprint density at radius 3 is 1.43 bits per heavy atom. The number of aliphatic hydroxyl groups is 2. The van der Waals surface area contributed by atoms with E-state index in [0.29, 0.717) is 6.04 Å². The third kappa shape index (κ3) is 6.64. The van der Waals surface area contributed by atoms with E-state index in [1.54, 1.807) is 0 Å². The standard InChI is InChI=1S/C18H22N2.C4H6O6/c1-19-12-14-20(15-13-19)18(16-8-4-2-5-9-16)17-10-6-3-7-11-17;5-1(3(7)8)2(6)4(9)10/h2-11,18H,12-15H2,1H3;1-2,5-6H,(H,7,8)(H,9,10)/t;1-,2-/m.1/s1. The molecule has 3 rings (SSSR count). The van der Waals surface area contributed by atoms with Gasteiger partial charge in [-0.05, 0) is 18.2 Å². The fraction of sp³-hybridized carbons (Fsp3) is 0.364. The number of nitrogens with zero attached hydrogens (tertiary/aromatic N) is 2. The smallest absolute Gasteiger partial charge is 0.335 e. The molecular formula is C22H28N2O6. The van der Waals surface area contributed by atoms with E-state index in [1.165, 1.54) is 11.1 Å². The van der Waals surface area contributed by atoms with Gasteiger partial charge in [0.05, 0.1) is 6.04 Å². The normalized spacial score (nSPS) is 16.9. The Balaban J connectivity index is 0.000000274. The highest BCUT2D eigenvalue weighted by atomic mass is 16.4. The molecule has 2 aromatic rings. The first-order chi connectivity index (χ1) is 14.3. The first kappa shape index (κ1) is 23.5. The molecular weight excluding hydrogens is 388 g/mol. The zero-order valence-electron chi connectivity index (χ0n) is 16.8. The highest BCUT2D eigenvalue weighted by Gasteiger charge is 2.29. The first-order valence-corrected chi connectivity index (χ1v) is 9.65. The van der Waals surface area contributed by atoms with Crippen LogP contribution in [0.5, 0.6) is 0 Å². The van der Waals surface area contributed by atoms with Gasteiger partial charge in [-0.2, -0.15) is 0 Å². The van der Waals surface area contributed by atoms with Crippen LogP contribution in [-0.4, -0.2) is 87.6 Å². The van der Waals surface area contributed by atoms with Gasteiger partial charge < -0.3 is 25.3 Å².